The van der Waals surface area contributed by atoms with Crippen molar-refractivity contribution < 1.29 is 9.90 Å². The maximum Gasteiger partial charge on any atom is 0.307 e. The molecule has 2 atom stereocenters. The summed E-state index contributed by atoms with van der Waals surface area (Å²) in [5.74, 6) is -0.809. The molecule has 0 saturated carbocycles. The fraction of sp³-hybridized carbons (Fsp3) is 0.588. The second-order valence-corrected chi connectivity index (χ2v) is 6.13. The highest BCUT2D eigenvalue weighted by Gasteiger charge is 2.31. The normalized spacial score (nSPS) is 27.6. The number of nitrogens with zero attached hydrogens (tertiary/aromatic N) is 1. The van der Waals surface area contributed by atoms with Gasteiger partial charge in [-0.25, -0.2) is 0 Å². The van der Waals surface area contributed by atoms with Crippen LogP contribution >= 0.6 is 0 Å². The number of carboxylic acid groups (broad SMARTS) is 1. The molecule has 20 heavy (non-hydrogen) atoms. The first kappa shape index (κ1) is 13.6. The maximum atomic E-state index is 11.3. The molecule has 2 unspecified atom stereocenters. The summed E-state index contributed by atoms with van der Waals surface area (Å²) in [4.78, 5) is 13.7. The predicted molar refractivity (Wildman–Crippen MR) is 78.7 cm³/mol. The van der Waals surface area contributed by atoms with Crippen LogP contribution in [0.25, 0.3) is 0 Å². The summed E-state index contributed by atoms with van der Waals surface area (Å²) in [5.41, 5.74) is 2.91. The van der Waals surface area contributed by atoms with Gasteiger partial charge in [0.05, 0.1) is 5.92 Å². The van der Waals surface area contributed by atoms with E-state index >= 15 is 0 Å². The molecule has 1 saturated heterocycles. The number of aryl methyl sites for hydroxylation is 1. The van der Waals surface area contributed by atoms with Gasteiger partial charge in [0.1, 0.15) is 0 Å². The Morgan fingerprint density at radius 1 is 1.15 bits per heavy atom. The molecule has 0 amide bonds. The molecule has 2 aliphatic rings. The van der Waals surface area contributed by atoms with Crippen LogP contribution in [0.1, 0.15) is 49.3 Å². The van der Waals surface area contributed by atoms with Gasteiger partial charge in [-0.05, 0) is 49.8 Å². The van der Waals surface area contributed by atoms with Crippen LogP contribution in [0.2, 0.25) is 0 Å². The van der Waals surface area contributed by atoms with Gasteiger partial charge in [0, 0.05) is 12.6 Å². The Hall–Kier alpha value is -1.35. The highest BCUT2D eigenvalue weighted by atomic mass is 16.4. The van der Waals surface area contributed by atoms with Gasteiger partial charge in [0.2, 0.25) is 0 Å². The number of hydrogen-bond donors (Lipinski definition) is 1. The minimum absolute atomic E-state index is 0.181. The third-order valence-electron chi connectivity index (χ3n) is 4.83. The molecule has 1 aliphatic carbocycles. The molecule has 3 nitrogen and oxygen atoms in total. The third-order valence-corrected chi connectivity index (χ3v) is 4.83. The Kier molecular flexibility index (Phi) is 4.06. The first-order valence-electron chi connectivity index (χ1n) is 7.80. The Labute approximate surface area is 120 Å². The summed E-state index contributed by atoms with van der Waals surface area (Å²) in [6.45, 7) is 1.76. The van der Waals surface area contributed by atoms with Gasteiger partial charge in [0.15, 0.2) is 0 Å². The van der Waals surface area contributed by atoms with Crippen molar-refractivity contribution in [1.29, 1.82) is 0 Å². The van der Waals surface area contributed by atoms with Gasteiger partial charge >= 0.3 is 5.97 Å². The van der Waals surface area contributed by atoms with Crippen LogP contribution in [0.15, 0.2) is 24.3 Å². The molecule has 0 bridgehead atoms. The number of aliphatic carboxylic acids is 1. The van der Waals surface area contributed by atoms with Gasteiger partial charge in [-0.2, -0.15) is 0 Å². The topological polar surface area (TPSA) is 40.5 Å². The van der Waals surface area contributed by atoms with Crippen LogP contribution in [-0.4, -0.2) is 29.1 Å². The number of carbonyl (C=O) groups is 1. The second kappa shape index (κ2) is 5.96. The Bertz CT molecular complexity index is 486. The number of rotatable bonds is 2. The minimum Gasteiger partial charge on any atom is -0.481 e. The van der Waals surface area contributed by atoms with Crippen molar-refractivity contribution >= 4 is 5.97 Å². The Morgan fingerprint density at radius 3 is 2.85 bits per heavy atom. The standard InChI is InChI=1S/C17H23NO2/c19-17(20)14-8-5-11-18(12-14)16-10-4-2-7-13-6-1-3-9-15(13)16/h1,3,6,9,14,16H,2,4-5,7-8,10-12H2,(H,19,20). The van der Waals surface area contributed by atoms with E-state index < -0.39 is 5.97 Å². The number of piperidine rings is 1. The molecule has 3 heteroatoms. The van der Waals surface area contributed by atoms with E-state index in [1.807, 2.05) is 0 Å². The zero-order chi connectivity index (χ0) is 13.9. The van der Waals surface area contributed by atoms with Crippen molar-refractivity contribution in [2.45, 2.75) is 44.6 Å². The Morgan fingerprint density at radius 2 is 2.00 bits per heavy atom. The summed E-state index contributed by atoms with van der Waals surface area (Å²) in [6, 6.07) is 9.16. The van der Waals surface area contributed by atoms with Gasteiger partial charge in [-0.3, -0.25) is 9.69 Å². The highest BCUT2D eigenvalue weighted by Crippen LogP contribution is 2.35. The van der Waals surface area contributed by atoms with Crippen molar-refractivity contribution in [1.82, 2.24) is 4.90 Å². The number of hydrogen-bond acceptors (Lipinski definition) is 2. The largest absolute Gasteiger partial charge is 0.481 e. The van der Waals surface area contributed by atoms with Gasteiger partial charge in [-0.15, -0.1) is 0 Å². The van der Waals surface area contributed by atoms with Crippen LogP contribution in [0, 0.1) is 5.92 Å². The summed E-state index contributed by atoms with van der Waals surface area (Å²) < 4.78 is 0. The number of benzene rings is 1. The van der Waals surface area contributed by atoms with E-state index in [9.17, 15) is 9.90 Å². The van der Waals surface area contributed by atoms with Gasteiger partial charge < -0.3 is 5.11 Å². The van der Waals surface area contributed by atoms with E-state index in [2.05, 4.69) is 29.2 Å². The van der Waals surface area contributed by atoms with Crippen molar-refractivity contribution in [3.05, 3.63) is 35.4 Å². The van der Waals surface area contributed by atoms with Gasteiger partial charge in [0.25, 0.3) is 0 Å². The van der Waals surface area contributed by atoms with Crippen LogP contribution in [0.4, 0.5) is 0 Å². The van der Waals surface area contributed by atoms with E-state index in [1.165, 1.54) is 36.8 Å². The summed E-state index contributed by atoms with van der Waals surface area (Å²) in [5, 5.41) is 9.28. The van der Waals surface area contributed by atoms with E-state index in [0.29, 0.717) is 12.6 Å². The van der Waals surface area contributed by atoms with Crippen LogP contribution in [0.5, 0.6) is 0 Å². The van der Waals surface area contributed by atoms with Crippen molar-refractivity contribution in [2.24, 2.45) is 5.92 Å². The third kappa shape index (κ3) is 2.73. The van der Waals surface area contributed by atoms with E-state index in [1.54, 1.807) is 0 Å². The van der Waals surface area contributed by atoms with Crippen molar-refractivity contribution in [3.8, 4) is 0 Å². The zero-order valence-corrected chi connectivity index (χ0v) is 11.9. The van der Waals surface area contributed by atoms with E-state index in [4.69, 9.17) is 0 Å². The molecule has 0 radical (unpaired) electrons. The average molecular weight is 273 g/mol. The first-order chi connectivity index (χ1) is 9.75. The molecule has 1 aliphatic heterocycles. The smallest absolute Gasteiger partial charge is 0.307 e. The van der Waals surface area contributed by atoms with E-state index in [-0.39, 0.29) is 5.92 Å². The highest BCUT2D eigenvalue weighted by molar-refractivity contribution is 5.70. The quantitative estimate of drug-likeness (QED) is 0.841. The average Bonchev–Trinajstić information content (AvgIpc) is 2.69. The van der Waals surface area contributed by atoms with Crippen LogP contribution in [-0.2, 0) is 11.2 Å². The monoisotopic (exact) mass is 273 g/mol. The SMILES string of the molecule is O=C(O)C1CCCN(C2CCCCc3ccccc32)C1. The predicted octanol–water partition coefficient (Wildman–Crippen LogP) is 3.25. The van der Waals surface area contributed by atoms with E-state index in [0.717, 1.165) is 19.4 Å². The lowest BCUT2D eigenvalue weighted by Crippen LogP contribution is -2.41. The second-order valence-electron chi connectivity index (χ2n) is 6.13. The number of carboxylic acids is 1. The maximum absolute atomic E-state index is 11.3. The molecular formula is C17H23NO2. The molecular weight excluding hydrogens is 250 g/mol. The Balaban J connectivity index is 1.84. The zero-order valence-electron chi connectivity index (χ0n) is 11.9. The fourth-order valence-corrected chi connectivity index (χ4v) is 3.77. The first-order valence-corrected chi connectivity index (χ1v) is 7.80. The lowest BCUT2D eigenvalue weighted by Gasteiger charge is -2.37. The molecule has 1 heterocycles. The van der Waals surface area contributed by atoms with Crippen molar-refractivity contribution in [3.63, 3.8) is 0 Å². The lowest BCUT2D eigenvalue weighted by atomic mass is 9.92. The molecule has 3 rings (SSSR count). The molecule has 1 fully saturated rings. The summed E-state index contributed by atoms with van der Waals surface area (Å²) in [6.07, 6.45) is 6.68. The molecule has 1 aromatic carbocycles. The van der Waals surface area contributed by atoms with Crippen molar-refractivity contribution in [2.75, 3.05) is 13.1 Å². The number of likely N-dealkylation sites (tertiary alicyclic amines) is 1. The lowest BCUT2D eigenvalue weighted by molar-refractivity contribution is -0.144. The molecule has 1 N–H and O–H groups in total. The van der Waals surface area contributed by atoms with Crippen LogP contribution < -0.4 is 0 Å². The van der Waals surface area contributed by atoms with Crippen LogP contribution in [0.3, 0.4) is 0 Å². The number of fused-ring (bicyclic) bond motifs is 1. The summed E-state index contributed by atoms with van der Waals surface area (Å²) >= 11 is 0. The molecule has 0 spiro atoms. The fourth-order valence-electron chi connectivity index (χ4n) is 3.77. The molecule has 0 aromatic heterocycles. The minimum atomic E-state index is -0.628. The molecule has 108 valence electrons. The summed E-state index contributed by atoms with van der Waals surface area (Å²) in [7, 11) is 0. The molecule has 1 aromatic rings. The van der Waals surface area contributed by atoms with Gasteiger partial charge in [-0.1, -0.05) is 30.7 Å².